The van der Waals surface area contributed by atoms with Crippen molar-refractivity contribution in [2.75, 3.05) is 17.7 Å². The van der Waals surface area contributed by atoms with Crippen LogP contribution < -0.4 is 15.4 Å². The van der Waals surface area contributed by atoms with Gasteiger partial charge in [-0.05, 0) is 60.4 Å². The summed E-state index contributed by atoms with van der Waals surface area (Å²) < 4.78 is 5.26. The molecule has 28 heavy (non-hydrogen) atoms. The highest BCUT2D eigenvalue weighted by molar-refractivity contribution is 7.14. The van der Waals surface area contributed by atoms with Crippen LogP contribution in [0.15, 0.2) is 24.3 Å². The van der Waals surface area contributed by atoms with Crippen molar-refractivity contribution in [1.82, 2.24) is 0 Å². The number of thiophene rings is 1. The number of hydrogen-bond donors (Lipinski definition) is 2. The number of hydrogen-bond acceptors (Lipinski definition) is 4. The van der Waals surface area contributed by atoms with Crippen molar-refractivity contribution in [1.29, 1.82) is 0 Å². The molecule has 5 nitrogen and oxygen atoms in total. The Bertz CT molecular complexity index is 896. The van der Waals surface area contributed by atoms with Gasteiger partial charge in [-0.15, -0.1) is 11.3 Å². The Kier molecular flexibility index (Phi) is 5.79. The summed E-state index contributed by atoms with van der Waals surface area (Å²) in [6, 6.07) is 7.26. The second kappa shape index (κ2) is 7.95. The van der Waals surface area contributed by atoms with E-state index in [1.54, 1.807) is 36.6 Å². The van der Waals surface area contributed by atoms with Gasteiger partial charge in [-0.1, -0.05) is 20.8 Å². The highest BCUT2D eigenvalue weighted by atomic mass is 32.1. The fourth-order valence-corrected chi connectivity index (χ4v) is 4.74. The number of fused-ring (bicyclic) bond motifs is 1. The van der Waals surface area contributed by atoms with Gasteiger partial charge in [0, 0.05) is 17.5 Å². The minimum atomic E-state index is -0.193. The van der Waals surface area contributed by atoms with Crippen LogP contribution in [0.4, 0.5) is 11.4 Å². The van der Waals surface area contributed by atoms with Gasteiger partial charge in [0.05, 0.1) is 17.7 Å². The molecule has 2 aromatic rings. The van der Waals surface area contributed by atoms with Crippen molar-refractivity contribution in [3.8, 4) is 5.75 Å². The maximum Gasteiger partial charge on any atom is 0.265 e. The lowest BCUT2D eigenvalue weighted by Crippen LogP contribution is -2.26. The summed E-state index contributed by atoms with van der Waals surface area (Å²) in [4.78, 5) is 26.2. The van der Waals surface area contributed by atoms with E-state index in [1.807, 2.05) is 6.07 Å². The second-order valence-corrected chi connectivity index (χ2v) is 9.55. The van der Waals surface area contributed by atoms with Gasteiger partial charge in [-0.3, -0.25) is 9.59 Å². The van der Waals surface area contributed by atoms with Crippen molar-refractivity contribution in [3.63, 3.8) is 0 Å². The Balaban J connectivity index is 1.76. The fraction of sp³-hybridized carbons (Fsp3) is 0.455. The Morgan fingerprint density at radius 3 is 2.57 bits per heavy atom. The van der Waals surface area contributed by atoms with Gasteiger partial charge >= 0.3 is 0 Å². The number of rotatable bonds is 4. The zero-order chi connectivity index (χ0) is 20.5. The molecule has 0 saturated heterocycles. The number of aryl methyl sites for hydroxylation is 1. The number of carbonyl (C=O) groups excluding carboxylic acids is 2. The van der Waals surface area contributed by atoms with Crippen molar-refractivity contribution >= 4 is 34.5 Å². The second-order valence-electron chi connectivity index (χ2n) is 8.42. The third kappa shape index (κ3) is 4.55. The lowest BCUT2D eigenvalue weighted by Gasteiger charge is -2.33. The van der Waals surface area contributed by atoms with Crippen LogP contribution in [0.2, 0.25) is 0 Å². The minimum Gasteiger partial charge on any atom is -0.495 e. The Hall–Kier alpha value is -2.34. The average Bonchev–Trinajstić information content (AvgIpc) is 3.04. The topological polar surface area (TPSA) is 67.4 Å². The largest absolute Gasteiger partial charge is 0.495 e. The zero-order valence-electron chi connectivity index (χ0n) is 17.1. The molecule has 0 radical (unpaired) electrons. The van der Waals surface area contributed by atoms with E-state index in [0.717, 1.165) is 17.7 Å². The monoisotopic (exact) mass is 400 g/mol. The predicted octanol–water partition coefficient (Wildman–Crippen LogP) is 5.12. The van der Waals surface area contributed by atoms with E-state index in [-0.39, 0.29) is 17.2 Å². The molecule has 1 aliphatic rings. The lowest BCUT2D eigenvalue weighted by molar-refractivity contribution is -0.114. The van der Waals surface area contributed by atoms with E-state index in [0.29, 0.717) is 23.0 Å². The highest BCUT2D eigenvalue weighted by Gasteiger charge is 2.30. The molecule has 1 atom stereocenters. The van der Waals surface area contributed by atoms with Crippen molar-refractivity contribution < 1.29 is 14.3 Å². The molecule has 2 N–H and O–H groups in total. The summed E-state index contributed by atoms with van der Waals surface area (Å²) in [5, 5.41) is 5.66. The van der Waals surface area contributed by atoms with Crippen LogP contribution in [0.3, 0.4) is 0 Å². The van der Waals surface area contributed by atoms with E-state index in [1.165, 1.54) is 23.8 Å². The average molecular weight is 401 g/mol. The van der Waals surface area contributed by atoms with Gasteiger partial charge in [-0.2, -0.15) is 0 Å². The molecule has 1 aromatic carbocycles. The fourth-order valence-electron chi connectivity index (χ4n) is 3.64. The normalized spacial score (nSPS) is 16.2. The Morgan fingerprint density at radius 2 is 1.93 bits per heavy atom. The van der Waals surface area contributed by atoms with Gasteiger partial charge in [0.2, 0.25) is 5.91 Å². The van der Waals surface area contributed by atoms with Crippen LogP contribution in [0, 0.1) is 11.3 Å². The molecule has 0 aliphatic heterocycles. The third-order valence-electron chi connectivity index (χ3n) is 5.30. The van der Waals surface area contributed by atoms with Crippen LogP contribution in [0.5, 0.6) is 5.75 Å². The maximum absolute atomic E-state index is 12.8. The van der Waals surface area contributed by atoms with Gasteiger partial charge in [0.1, 0.15) is 5.75 Å². The Labute approximate surface area is 170 Å². The first-order valence-electron chi connectivity index (χ1n) is 9.56. The van der Waals surface area contributed by atoms with Gasteiger partial charge < -0.3 is 15.4 Å². The molecular weight excluding hydrogens is 372 g/mol. The summed E-state index contributed by atoms with van der Waals surface area (Å²) in [5.41, 5.74) is 2.75. The van der Waals surface area contributed by atoms with E-state index in [4.69, 9.17) is 4.74 Å². The third-order valence-corrected chi connectivity index (χ3v) is 6.54. The van der Waals surface area contributed by atoms with Crippen LogP contribution >= 0.6 is 11.3 Å². The molecule has 0 bridgehead atoms. The number of nitrogens with one attached hydrogen (secondary N) is 2. The SMILES string of the molecule is COc1ccc(NC(=O)c2cc3c(s2)CCC(C(C)(C)C)C3)cc1NC(C)=O. The minimum absolute atomic E-state index is 0.120. The van der Waals surface area contributed by atoms with Crippen LogP contribution in [0.1, 0.15) is 54.2 Å². The quantitative estimate of drug-likeness (QED) is 0.749. The van der Waals surface area contributed by atoms with Crippen LogP contribution in [0.25, 0.3) is 0 Å². The Morgan fingerprint density at radius 1 is 1.18 bits per heavy atom. The summed E-state index contributed by atoms with van der Waals surface area (Å²) >= 11 is 1.59. The number of methoxy groups -OCH3 is 1. The number of amides is 2. The number of carbonyl (C=O) groups is 2. The summed E-state index contributed by atoms with van der Waals surface area (Å²) in [5.74, 6) is 0.882. The van der Waals surface area contributed by atoms with E-state index >= 15 is 0 Å². The number of ether oxygens (including phenoxy) is 1. The van der Waals surface area contributed by atoms with Crippen LogP contribution in [-0.2, 0) is 17.6 Å². The molecule has 1 unspecified atom stereocenters. The zero-order valence-corrected chi connectivity index (χ0v) is 18.0. The first-order valence-corrected chi connectivity index (χ1v) is 10.4. The predicted molar refractivity (Wildman–Crippen MR) is 115 cm³/mol. The standard InChI is InChI=1S/C22H28N2O3S/c1-13(25)23-17-12-16(7-8-18(17)27-5)24-21(26)20-11-14-10-15(22(2,3)4)6-9-19(14)28-20/h7-8,11-12,15H,6,9-10H2,1-5H3,(H,23,25)(H,24,26). The van der Waals surface area contributed by atoms with Gasteiger partial charge in [-0.25, -0.2) is 0 Å². The maximum atomic E-state index is 12.8. The molecule has 150 valence electrons. The molecule has 1 aliphatic carbocycles. The molecule has 0 spiro atoms. The number of benzene rings is 1. The van der Waals surface area contributed by atoms with E-state index < -0.39 is 0 Å². The first kappa shape index (κ1) is 20.4. The van der Waals surface area contributed by atoms with Gasteiger partial charge in [0.25, 0.3) is 5.91 Å². The molecule has 3 rings (SSSR count). The van der Waals surface area contributed by atoms with E-state index in [2.05, 4.69) is 31.4 Å². The summed E-state index contributed by atoms with van der Waals surface area (Å²) in [7, 11) is 1.54. The molecule has 1 heterocycles. The van der Waals surface area contributed by atoms with Crippen molar-refractivity contribution in [3.05, 3.63) is 39.6 Å². The number of anilines is 2. The highest BCUT2D eigenvalue weighted by Crippen LogP contribution is 2.40. The molecular formula is C22H28N2O3S. The molecule has 2 amide bonds. The summed E-state index contributed by atoms with van der Waals surface area (Å²) in [6.07, 6.45) is 3.26. The van der Waals surface area contributed by atoms with Crippen molar-refractivity contribution in [2.24, 2.45) is 11.3 Å². The molecule has 0 saturated carbocycles. The lowest BCUT2D eigenvalue weighted by atomic mass is 9.72. The summed E-state index contributed by atoms with van der Waals surface area (Å²) in [6.45, 7) is 8.31. The van der Waals surface area contributed by atoms with Gasteiger partial charge in [0.15, 0.2) is 0 Å². The van der Waals surface area contributed by atoms with E-state index in [9.17, 15) is 9.59 Å². The molecule has 1 aromatic heterocycles. The smallest absolute Gasteiger partial charge is 0.265 e. The molecule has 0 fully saturated rings. The first-order chi connectivity index (χ1) is 13.2. The molecule has 6 heteroatoms. The van der Waals surface area contributed by atoms with Crippen LogP contribution in [-0.4, -0.2) is 18.9 Å². The van der Waals surface area contributed by atoms with Crippen molar-refractivity contribution in [2.45, 2.75) is 47.0 Å².